The second-order valence-electron chi connectivity index (χ2n) is 9.35. The fourth-order valence-corrected chi connectivity index (χ4v) is 3.77. The Morgan fingerprint density at radius 3 is 1.95 bits per heavy atom. The molecule has 0 saturated carbocycles. The zero-order valence-electron chi connectivity index (χ0n) is 21.9. The lowest BCUT2D eigenvalue weighted by molar-refractivity contribution is -0.141. The minimum absolute atomic E-state index is 0.0215. The van der Waals surface area contributed by atoms with E-state index < -0.39 is 47.5 Å². The first-order valence-corrected chi connectivity index (χ1v) is 12.6. The highest BCUT2D eigenvalue weighted by molar-refractivity contribution is 6.38. The van der Waals surface area contributed by atoms with Crippen molar-refractivity contribution in [2.75, 3.05) is 0 Å². The highest BCUT2D eigenvalue weighted by atomic mass is 19.1. The van der Waals surface area contributed by atoms with Crippen molar-refractivity contribution in [1.29, 1.82) is 0 Å². The standard InChI is InChI=1S/C30H32FN3O5/c1-20(2)26(27(35)29(37)32-18-22-13-15-24(31)16-14-22)34-28(36)25(17-21-9-5-3-6-10-21)33-30(38)39-19-23-11-7-4-8-12-23/h3-16,20,25-26H,17-19H2,1-2H3,(H,32,37)(H,33,38)(H,34,36)/t25-,26-/m0/s1. The zero-order valence-corrected chi connectivity index (χ0v) is 21.9. The molecular formula is C30H32FN3O5. The molecule has 0 saturated heterocycles. The molecule has 204 valence electrons. The molecule has 0 bridgehead atoms. The van der Waals surface area contributed by atoms with Crippen molar-refractivity contribution in [3.63, 3.8) is 0 Å². The van der Waals surface area contributed by atoms with Crippen LogP contribution in [0, 0.1) is 11.7 Å². The third-order valence-electron chi connectivity index (χ3n) is 5.94. The van der Waals surface area contributed by atoms with Crippen molar-refractivity contribution in [3.8, 4) is 0 Å². The van der Waals surface area contributed by atoms with Crippen LogP contribution in [0.15, 0.2) is 84.9 Å². The average molecular weight is 534 g/mol. The number of carbonyl (C=O) groups excluding carboxylic acids is 4. The van der Waals surface area contributed by atoms with Crippen molar-refractivity contribution in [3.05, 3.63) is 107 Å². The Kier molecular flexibility index (Phi) is 10.7. The molecule has 0 heterocycles. The second-order valence-corrected chi connectivity index (χ2v) is 9.35. The lowest BCUT2D eigenvalue weighted by atomic mass is 9.97. The number of rotatable bonds is 12. The van der Waals surface area contributed by atoms with Crippen LogP contribution in [0.4, 0.5) is 9.18 Å². The van der Waals surface area contributed by atoms with E-state index >= 15 is 0 Å². The molecule has 0 radical (unpaired) electrons. The molecule has 2 atom stereocenters. The van der Waals surface area contributed by atoms with Gasteiger partial charge in [0.05, 0.1) is 6.04 Å². The lowest BCUT2D eigenvalue weighted by Gasteiger charge is -2.24. The van der Waals surface area contributed by atoms with Gasteiger partial charge in [0.15, 0.2) is 0 Å². The van der Waals surface area contributed by atoms with Gasteiger partial charge in [-0.1, -0.05) is 86.6 Å². The van der Waals surface area contributed by atoms with Crippen LogP contribution >= 0.6 is 0 Å². The molecule has 0 spiro atoms. The van der Waals surface area contributed by atoms with Gasteiger partial charge in [0.2, 0.25) is 11.7 Å². The highest BCUT2D eigenvalue weighted by Gasteiger charge is 2.32. The normalized spacial score (nSPS) is 12.2. The molecule has 3 rings (SSSR count). The van der Waals surface area contributed by atoms with Crippen LogP contribution < -0.4 is 16.0 Å². The van der Waals surface area contributed by atoms with E-state index in [0.717, 1.165) is 11.1 Å². The van der Waals surface area contributed by atoms with Gasteiger partial charge in [-0.3, -0.25) is 14.4 Å². The van der Waals surface area contributed by atoms with Gasteiger partial charge in [-0.05, 0) is 34.7 Å². The average Bonchev–Trinajstić information content (AvgIpc) is 2.94. The summed E-state index contributed by atoms with van der Waals surface area (Å²) in [4.78, 5) is 51.4. The quantitative estimate of drug-likeness (QED) is 0.308. The SMILES string of the molecule is CC(C)[C@H](NC(=O)[C@H](Cc1ccccc1)NC(=O)OCc1ccccc1)C(=O)C(=O)NCc1ccc(F)cc1. The van der Waals surface area contributed by atoms with Gasteiger partial charge in [0, 0.05) is 13.0 Å². The molecular weight excluding hydrogens is 501 g/mol. The minimum atomic E-state index is -1.13. The first-order chi connectivity index (χ1) is 18.7. The molecule has 39 heavy (non-hydrogen) atoms. The Labute approximate surface area is 226 Å². The number of benzene rings is 3. The van der Waals surface area contributed by atoms with E-state index in [1.807, 2.05) is 48.5 Å². The van der Waals surface area contributed by atoms with Crippen molar-refractivity contribution in [2.45, 2.75) is 45.5 Å². The topological polar surface area (TPSA) is 114 Å². The molecule has 3 N–H and O–H groups in total. The fourth-order valence-electron chi connectivity index (χ4n) is 3.77. The van der Waals surface area contributed by atoms with Crippen molar-refractivity contribution in [1.82, 2.24) is 16.0 Å². The molecule has 0 aliphatic rings. The number of hydrogen-bond acceptors (Lipinski definition) is 5. The Hall–Kier alpha value is -4.53. The van der Waals surface area contributed by atoms with Gasteiger partial charge in [-0.2, -0.15) is 0 Å². The van der Waals surface area contributed by atoms with E-state index in [0.29, 0.717) is 5.56 Å². The number of carbonyl (C=O) groups is 4. The monoisotopic (exact) mass is 533 g/mol. The van der Waals surface area contributed by atoms with E-state index in [-0.39, 0.29) is 19.6 Å². The van der Waals surface area contributed by atoms with Gasteiger partial charge in [-0.15, -0.1) is 0 Å². The number of halogens is 1. The summed E-state index contributed by atoms with van der Waals surface area (Å²) in [6.45, 7) is 3.44. The molecule has 0 aromatic heterocycles. The Balaban J connectivity index is 1.66. The predicted octanol–water partition coefficient (Wildman–Crippen LogP) is 3.69. The molecule has 3 amide bonds. The maximum Gasteiger partial charge on any atom is 0.408 e. The third kappa shape index (κ3) is 9.37. The Bertz CT molecular complexity index is 1250. The summed E-state index contributed by atoms with van der Waals surface area (Å²) < 4.78 is 18.4. The van der Waals surface area contributed by atoms with Crippen LogP contribution in [0.2, 0.25) is 0 Å². The maximum absolute atomic E-state index is 13.3. The number of alkyl carbamates (subject to hydrolysis) is 1. The summed E-state index contributed by atoms with van der Waals surface area (Å²) in [6.07, 6.45) is -0.650. The first kappa shape index (κ1) is 29.0. The van der Waals surface area contributed by atoms with Crippen LogP contribution in [0.3, 0.4) is 0 Å². The van der Waals surface area contributed by atoms with E-state index in [1.165, 1.54) is 24.3 Å². The van der Waals surface area contributed by atoms with Crippen molar-refractivity contribution >= 4 is 23.7 Å². The minimum Gasteiger partial charge on any atom is -0.445 e. The number of ether oxygens (including phenoxy) is 1. The summed E-state index contributed by atoms with van der Waals surface area (Å²) in [5.74, 6) is -3.17. The number of amides is 3. The summed E-state index contributed by atoms with van der Waals surface area (Å²) >= 11 is 0. The predicted molar refractivity (Wildman–Crippen MR) is 144 cm³/mol. The van der Waals surface area contributed by atoms with E-state index in [2.05, 4.69) is 16.0 Å². The van der Waals surface area contributed by atoms with Crippen LogP contribution in [-0.4, -0.2) is 35.8 Å². The number of ketones is 1. The largest absolute Gasteiger partial charge is 0.445 e. The Morgan fingerprint density at radius 1 is 0.769 bits per heavy atom. The molecule has 3 aromatic rings. The molecule has 0 aliphatic carbocycles. The number of Topliss-reactive ketones (excluding diaryl/α,β-unsaturated/α-hetero) is 1. The van der Waals surface area contributed by atoms with Gasteiger partial charge < -0.3 is 20.7 Å². The first-order valence-electron chi connectivity index (χ1n) is 12.6. The van der Waals surface area contributed by atoms with Crippen LogP contribution in [0.1, 0.15) is 30.5 Å². The lowest BCUT2D eigenvalue weighted by Crippen LogP contribution is -2.56. The summed E-state index contributed by atoms with van der Waals surface area (Å²) in [5, 5.41) is 7.72. The second kappa shape index (κ2) is 14.4. The molecule has 8 nitrogen and oxygen atoms in total. The van der Waals surface area contributed by atoms with Gasteiger partial charge >= 0.3 is 6.09 Å². The summed E-state index contributed by atoms with van der Waals surface area (Å²) in [5.41, 5.74) is 2.18. The number of hydrogen-bond donors (Lipinski definition) is 3. The summed E-state index contributed by atoms with van der Waals surface area (Å²) in [7, 11) is 0. The Morgan fingerprint density at radius 2 is 1.36 bits per heavy atom. The van der Waals surface area contributed by atoms with Gasteiger partial charge in [0.1, 0.15) is 18.5 Å². The van der Waals surface area contributed by atoms with Crippen LogP contribution in [0.5, 0.6) is 0 Å². The van der Waals surface area contributed by atoms with E-state index in [1.54, 1.807) is 26.0 Å². The van der Waals surface area contributed by atoms with Gasteiger partial charge in [0.25, 0.3) is 5.91 Å². The fraction of sp³-hybridized carbons (Fsp3) is 0.267. The van der Waals surface area contributed by atoms with Crippen molar-refractivity contribution < 1.29 is 28.3 Å². The number of nitrogens with one attached hydrogen (secondary N) is 3. The summed E-state index contributed by atoms with van der Waals surface area (Å²) in [6, 6.07) is 21.5. The molecule has 3 aromatic carbocycles. The van der Waals surface area contributed by atoms with Crippen LogP contribution in [-0.2, 0) is 38.7 Å². The smallest absolute Gasteiger partial charge is 0.408 e. The van der Waals surface area contributed by atoms with E-state index in [9.17, 15) is 23.6 Å². The molecule has 0 aliphatic heterocycles. The van der Waals surface area contributed by atoms with Gasteiger partial charge in [-0.25, -0.2) is 9.18 Å². The maximum atomic E-state index is 13.3. The molecule has 0 unspecified atom stereocenters. The highest BCUT2D eigenvalue weighted by Crippen LogP contribution is 2.09. The third-order valence-corrected chi connectivity index (χ3v) is 5.94. The zero-order chi connectivity index (χ0) is 28.2. The van der Waals surface area contributed by atoms with Crippen LogP contribution in [0.25, 0.3) is 0 Å². The van der Waals surface area contributed by atoms with Crippen molar-refractivity contribution in [2.24, 2.45) is 5.92 Å². The molecule has 9 heteroatoms. The van der Waals surface area contributed by atoms with E-state index in [4.69, 9.17) is 4.74 Å². The molecule has 0 fully saturated rings.